The molecule has 1 heterocycles. The van der Waals surface area contributed by atoms with Gasteiger partial charge in [-0.15, -0.1) is 0 Å². The molecule has 0 spiro atoms. The molecule has 0 bridgehead atoms. The van der Waals surface area contributed by atoms with Gasteiger partial charge in [0.25, 0.3) is 0 Å². The molecule has 0 aliphatic carbocycles. The van der Waals surface area contributed by atoms with E-state index < -0.39 is 0 Å². The number of H-pyrrole nitrogens is 1. The molecule has 0 aliphatic heterocycles. The molecule has 20 heavy (non-hydrogen) atoms. The second kappa shape index (κ2) is 5.43. The van der Waals surface area contributed by atoms with Gasteiger partial charge in [0.05, 0.1) is 11.4 Å². The summed E-state index contributed by atoms with van der Waals surface area (Å²) in [5.41, 5.74) is 2.95. The zero-order valence-electron chi connectivity index (χ0n) is 10.5. The molecule has 0 saturated heterocycles. The average molecular weight is 327 g/mol. The smallest absolute Gasteiger partial charge is 0.305 e. The van der Waals surface area contributed by atoms with Crippen molar-refractivity contribution in [3.8, 4) is 22.5 Å². The number of halogens is 1. The van der Waals surface area contributed by atoms with E-state index in [1.807, 2.05) is 60.7 Å². The van der Waals surface area contributed by atoms with Gasteiger partial charge in [0.2, 0.25) is 0 Å². The molecule has 0 unspecified atom stereocenters. The topological polar surface area (TPSA) is 45.8 Å². The summed E-state index contributed by atoms with van der Waals surface area (Å²) < 4.78 is 0.957. The van der Waals surface area contributed by atoms with E-state index in [9.17, 15) is 4.79 Å². The van der Waals surface area contributed by atoms with E-state index in [1.54, 1.807) is 0 Å². The van der Waals surface area contributed by atoms with Crippen LogP contribution in [-0.4, -0.2) is 9.97 Å². The molecule has 1 aromatic heterocycles. The second-order valence-corrected chi connectivity index (χ2v) is 5.28. The van der Waals surface area contributed by atoms with Crippen LogP contribution in [0.2, 0.25) is 0 Å². The Morgan fingerprint density at radius 2 is 1.65 bits per heavy atom. The first-order valence-corrected chi connectivity index (χ1v) is 6.94. The first-order valence-electron chi connectivity index (χ1n) is 6.15. The highest BCUT2D eigenvalue weighted by molar-refractivity contribution is 9.10. The fourth-order valence-electron chi connectivity index (χ4n) is 2.03. The van der Waals surface area contributed by atoms with Crippen molar-refractivity contribution in [1.29, 1.82) is 0 Å². The maximum absolute atomic E-state index is 11.8. The van der Waals surface area contributed by atoms with Crippen molar-refractivity contribution < 1.29 is 0 Å². The quantitative estimate of drug-likeness (QED) is 0.777. The van der Waals surface area contributed by atoms with Crippen LogP contribution in [0.25, 0.3) is 22.5 Å². The van der Waals surface area contributed by atoms with E-state index in [0.717, 1.165) is 21.3 Å². The summed E-state index contributed by atoms with van der Waals surface area (Å²) in [5, 5.41) is 0. The van der Waals surface area contributed by atoms with Crippen LogP contribution in [0.15, 0.2) is 69.9 Å². The van der Waals surface area contributed by atoms with Crippen molar-refractivity contribution in [2.24, 2.45) is 0 Å². The molecule has 0 aliphatic rings. The Balaban J connectivity index is 2.15. The van der Waals surface area contributed by atoms with Gasteiger partial charge >= 0.3 is 5.69 Å². The molecule has 0 radical (unpaired) electrons. The van der Waals surface area contributed by atoms with Gasteiger partial charge < -0.3 is 4.98 Å². The highest BCUT2D eigenvalue weighted by atomic mass is 79.9. The van der Waals surface area contributed by atoms with Crippen molar-refractivity contribution in [2.45, 2.75) is 0 Å². The minimum absolute atomic E-state index is 0.346. The van der Waals surface area contributed by atoms with E-state index >= 15 is 0 Å². The minimum Gasteiger partial charge on any atom is -0.305 e. The number of rotatable bonds is 2. The van der Waals surface area contributed by atoms with Crippen molar-refractivity contribution >= 4 is 15.9 Å². The van der Waals surface area contributed by atoms with Crippen LogP contribution in [0, 0.1) is 0 Å². The first kappa shape index (κ1) is 12.8. The Kier molecular flexibility index (Phi) is 3.48. The van der Waals surface area contributed by atoms with Gasteiger partial charge in [-0.1, -0.05) is 58.4 Å². The zero-order chi connectivity index (χ0) is 13.9. The van der Waals surface area contributed by atoms with Crippen LogP contribution in [-0.2, 0) is 0 Å². The number of benzene rings is 2. The summed E-state index contributed by atoms with van der Waals surface area (Å²) in [4.78, 5) is 18.6. The Morgan fingerprint density at radius 1 is 0.900 bits per heavy atom. The summed E-state index contributed by atoms with van der Waals surface area (Å²) >= 11 is 3.43. The number of hydrogen-bond acceptors (Lipinski definition) is 2. The fraction of sp³-hybridized carbons (Fsp3) is 0. The zero-order valence-corrected chi connectivity index (χ0v) is 12.1. The summed E-state index contributed by atoms with van der Waals surface area (Å²) in [6.45, 7) is 0. The Bertz CT molecular complexity index is 797. The summed E-state index contributed by atoms with van der Waals surface area (Å²) in [6, 6.07) is 19.3. The molecule has 0 atom stereocenters. The number of nitrogens with one attached hydrogen (secondary N) is 1. The third-order valence-corrected chi connectivity index (χ3v) is 3.44. The van der Waals surface area contributed by atoms with Gasteiger partial charge in [-0.25, -0.2) is 4.79 Å². The number of nitrogens with zero attached hydrogens (tertiary/aromatic N) is 1. The standard InChI is InChI=1S/C16H11BrN2O/c17-13-8-4-7-12(9-13)15-10-14(18-16(20)19-15)11-5-2-1-3-6-11/h1-10H,(H,18,19,20). The van der Waals surface area contributed by atoms with E-state index in [2.05, 4.69) is 25.9 Å². The molecule has 98 valence electrons. The van der Waals surface area contributed by atoms with Crippen LogP contribution >= 0.6 is 15.9 Å². The molecular weight excluding hydrogens is 316 g/mol. The SMILES string of the molecule is O=c1nc(-c2cccc(Br)c2)cc(-c2ccccc2)[nH]1. The molecule has 3 nitrogen and oxygen atoms in total. The molecule has 0 fully saturated rings. The van der Waals surface area contributed by atoms with E-state index in [0.29, 0.717) is 5.69 Å². The third kappa shape index (κ3) is 2.70. The third-order valence-electron chi connectivity index (χ3n) is 2.95. The molecule has 0 saturated carbocycles. The van der Waals surface area contributed by atoms with E-state index in [1.165, 1.54) is 0 Å². The Morgan fingerprint density at radius 3 is 2.40 bits per heavy atom. The van der Waals surface area contributed by atoms with E-state index in [4.69, 9.17) is 0 Å². The average Bonchev–Trinajstić information content (AvgIpc) is 2.47. The lowest BCUT2D eigenvalue weighted by Gasteiger charge is -2.05. The van der Waals surface area contributed by atoms with Crippen LogP contribution in [0.4, 0.5) is 0 Å². The molecule has 4 heteroatoms. The fourth-order valence-corrected chi connectivity index (χ4v) is 2.43. The molecule has 1 N–H and O–H groups in total. The highest BCUT2D eigenvalue weighted by Crippen LogP contribution is 2.23. The van der Waals surface area contributed by atoms with Gasteiger partial charge in [-0.05, 0) is 23.8 Å². The second-order valence-electron chi connectivity index (χ2n) is 4.36. The monoisotopic (exact) mass is 326 g/mol. The normalized spacial score (nSPS) is 10.4. The molecule has 3 rings (SSSR count). The Labute approximate surface area is 124 Å². The van der Waals surface area contributed by atoms with Crippen molar-refractivity contribution in [2.75, 3.05) is 0 Å². The van der Waals surface area contributed by atoms with E-state index in [-0.39, 0.29) is 5.69 Å². The van der Waals surface area contributed by atoms with Crippen molar-refractivity contribution in [3.05, 3.63) is 75.6 Å². The van der Waals surface area contributed by atoms with Crippen molar-refractivity contribution in [3.63, 3.8) is 0 Å². The number of aromatic nitrogens is 2. The highest BCUT2D eigenvalue weighted by Gasteiger charge is 2.05. The minimum atomic E-state index is -0.346. The molecule has 2 aromatic carbocycles. The van der Waals surface area contributed by atoms with Gasteiger partial charge in [0.15, 0.2) is 0 Å². The van der Waals surface area contributed by atoms with Crippen LogP contribution in [0.3, 0.4) is 0 Å². The van der Waals surface area contributed by atoms with Crippen LogP contribution in [0.5, 0.6) is 0 Å². The largest absolute Gasteiger partial charge is 0.345 e. The predicted octanol–water partition coefficient (Wildman–Crippen LogP) is 3.87. The lowest BCUT2D eigenvalue weighted by atomic mass is 10.1. The Hall–Kier alpha value is -2.20. The summed E-state index contributed by atoms with van der Waals surface area (Å²) in [6.07, 6.45) is 0. The molecule has 3 aromatic rings. The van der Waals surface area contributed by atoms with Gasteiger partial charge in [-0.3, -0.25) is 0 Å². The number of aromatic amines is 1. The van der Waals surface area contributed by atoms with Gasteiger partial charge in [-0.2, -0.15) is 4.98 Å². The maximum atomic E-state index is 11.8. The summed E-state index contributed by atoms with van der Waals surface area (Å²) in [7, 11) is 0. The first-order chi connectivity index (χ1) is 9.72. The predicted molar refractivity (Wildman–Crippen MR) is 83.4 cm³/mol. The lowest BCUT2D eigenvalue weighted by Crippen LogP contribution is -2.11. The van der Waals surface area contributed by atoms with Gasteiger partial charge in [0.1, 0.15) is 0 Å². The maximum Gasteiger partial charge on any atom is 0.345 e. The van der Waals surface area contributed by atoms with Crippen LogP contribution < -0.4 is 5.69 Å². The summed E-state index contributed by atoms with van der Waals surface area (Å²) in [5.74, 6) is 0. The van der Waals surface area contributed by atoms with Crippen LogP contribution in [0.1, 0.15) is 0 Å². The lowest BCUT2D eigenvalue weighted by molar-refractivity contribution is 1.09. The van der Waals surface area contributed by atoms with Crippen molar-refractivity contribution in [1.82, 2.24) is 9.97 Å². The van der Waals surface area contributed by atoms with Gasteiger partial charge in [0, 0.05) is 10.0 Å². The molecule has 0 amide bonds. The number of hydrogen-bond donors (Lipinski definition) is 1. The molecular formula is C16H11BrN2O.